The van der Waals surface area contributed by atoms with Crippen LogP contribution in [0.3, 0.4) is 0 Å². The first-order valence-electron chi connectivity index (χ1n) is 8.66. The average Bonchev–Trinajstić information content (AvgIpc) is 2.81. The van der Waals surface area contributed by atoms with Gasteiger partial charge in [-0.1, -0.05) is 30.3 Å². The average molecular weight is 337 g/mol. The van der Waals surface area contributed by atoms with Crippen molar-refractivity contribution in [1.82, 2.24) is 4.98 Å². The number of benzene rings is 1. The second kappa shape index (κ2) is 6.73. The molecule has 4 nitrogen and oxygen atoms in total. The van der Waals surface area contributed by atoms with Crippen molar-refractivity contribution in [3.63, 3.8) is 0 Å². The molecule has 2 heterocycles. The van der Waals surface area contributed by atoms with Crippen LogP contribution >= 0.6 is 0 Å². The van der Waals surface area contributed by atoms with Crippen LogP contribution in [0.25, 0.3) is 0 Å². The molecule has 1 fully saturated rings. The highest BCUT2D eigenvalue weighted by Crippen LogP contribution is 2.36. The minimum Gasteiger partial charge on any atom is -0.399 e. The SMILES string of the molecule is CC1(C)OB(c2cncc(C(=O)CCc3ccccc3)c2)OC1(C)C. The molecule has 3 rings (SSSR count). The lowest BCUT2D eigenvalue weighted by atomic mass is 9.79. The third kappa shape index (κ3) is 3.83. The highest BCUT2D eigenvalue weighted by Gasteiger charge is 2.51. The van der Waals surface area contributed by atoms with Crippen LogP contribution in [0.15, 0.2) is 48.8 Å². The Labute approximate surface area is 149 Å². The van der Waals surface area contributed by atoms with Gasteiger partial charge in [0.2, 0.25) is 0 Å². The number of nitrogens with zero attached hydrogens (tertiary/aromatic N) is 1. The highest BCUT2D eigenvalue weighted by atomic mass is 16.7. The number of Topliss-reactive ketones (excluding diaryl/α,β-unsaturated/α-hetero) is 1. The van der Waals surface area contributed by atoms with Gasteiger partial charge in [-0.05, 0) is 45.7 Å². The third-order valence-electron chi connectivity index (χ3n) is 5.09. The largest absolute Gasteiger partial charge is 0.496 e. The summed E-state index contributed by atoms with van der Waals surface area (Å²) in [5.74, 6) is 0.0784. The summed E-state index contributed by atoms with van der Waals surface area (Å²) in [6, 6.07) is 11.9. The first kappa shape index (κ1) is 17.8. The molecule has 0 saturated carbocycles. The van der Waals surface area contributed by atoms with E-state index < -0.39 is 18.3 Å². The number of aromatic nitrogens is 1. The molecule has 0 N–H and O–H groups in total. The Morgan fingerprint density at radius 2 is 1.68 bits per heavy atom. The van der Waals surface area contributed by atoms with Crippen molar-refractivity contribution in [2.45, 2.75) is 51.7 Å². The summed E-state index contributed by atoms with van der Waals surface area (Å²) in [6.07, 6.45) is 4.50. The van der Waals surface area contributed by atoms with Crippen molar-refractivity contribution in [2.75, 3.05) is 0 Å². The molecule has 25 heavy (non-hydrogen) atoms. The molecule has 0 spiro atoms. The standard InChI is InChI=1S/C20H24BNO3/c1-19(2)20(3,4)25-21(24-19)17-12-16(13-22-14-17)18(23)11-10-15-8-6-5-7-9-15/h5-9,12-14H,10-11H2,1-4H3. The number of hydrogen-bond donors (Lipinski definition) is 0. The zero-order valence-electron chi connectivity index (χ0n) is 15.3. The van der Waals surface area contributed by atoms with Crippen molar-refractivity contribution in [3.05, 3.63) is 59.9 Å². The third-order valence-corrected chi connectivity index (χ3v) is 5.09. The Balaban J connectivity index is 1.70. The molecule has 0 bridgehead atoms. The lowest BCUT2D eigenvalue weighted by Gasteiger charge is -2.32. The molecule has 0 amide bonds. The normalized spacial score (nSPS) is 18.3. The first-order chi connectivity index (χ1) is 11.8. The molecule has 2 aromatic rings. The van der Waals surface area contributed by atoms with E-state index in [0.29, 0.717) is 12.0 Å². The summed E-state index contributed by atoms with van der Waals surface area (Å²) in [7, 11) is -0.501. The molecule has 0 atom stereocenters. The Hall–Kier alpha value is -1.98. The summed E-state index contributed by atoms with van der Waals surface area (Å²) in [5, 5.41) is 0. The van der Waals surface area contributed by atoms with Crippen LogP contribution < -0.4 is 5.46 Å². The number of rotatable bonds is 5. The summed E-state index contributed by atoms with van der Waals surface area (Å²) in [4.78, 5) is 16.7. The van der Waals surface area contributed by atoms with E-state index in [1.54, 1.807) is 12.4 Å². The Morgan fingerprint density at radius 3 is 2.32 bits per heavy atom. The number of carbonyl (C=O) groups is 1. The van der Waals surface area contributed by atoms with Gasteiger partial charge < -0.3 is 9.31 Å². The van der Waals surface area contributed by atoms with Crippen molar-refractivity contribution in [3.8, 4) is 0 Å². The highest BCUT2D eigenvalue weighted by molar-refractivity contribution is 6.62. The molecule has 130 valence electrons. The number of carbonyl (C=O) groups excluding carboxylic acids is 1. The van der Waals surface area contributed by atoms with Crippen molar-refractivity contribution < 1.29 is 14.1 Å². The maximum absolute atomic E-state index is 12.5. The van der Waals surface area contributed by atoms with Gasteiger partial charge in [-0.3, -0.25) is 9.78 Å². The summed E-state index contributed by atoms with van der Waals surface area (Å²) < 4.78 is 12.1. The van der Waals surface area contributed by atoms with E-state index in [9.17, 15) is 4.79 Å². The van der Waals surface area contributed by atoms with Gasteiger partial charge in [-0.15, -0.1) is 0 Å². The van der Waals surface area contributed by atoms with Gasteiger partial charge in [-0.25, -0.2) is 0 Å². The molecule has 1 saturated heterocycles. The van der Waals surface area contributed by atoms with Gasteiger partial charge in [0.1, 0.15) is 0 Å². The van der Waals surface area contributed by atoms with Gasteiger partial charge in [0.25, 0.3) is 0 Å². The van der Waals surface area contributed by atoms with Crippen molar-refractivity contribution in [1.29, 1.82) is 0 Å². The summed E-state index contributed by atoms with van der Waals surface area (Å²) >= 11 is 0. The van der Waals surface area contributed by atoms with Gasteiger partial charge in [0, 0.05) is 29.8 Å². The maximum Gasteiger partial charge on any atom is 0.496 e. The van der Waals surface area contributed by atoms with E-state index in [4.69, 9.17) is 9.31 Å². The van der Waals surface area contributed by atoms with Crippen LogP contribution in [0.1, 0.15) is 50.0 Å². The topological polar surface area (TPSA) is 48.4 Å². The second-order valence-corrected chi connectivity index (χ2v) is 7.50. The van der Waals surface area contributed by atoms with Crippen LogP contribution in [0, 0.1) is 0 Å². The lowest BCUT2D eigenvalue weighted by Crippen LogP contribution is -2.41. The number of hydrogen-bond acceptors (Lipinski definition) is 4. The van der Waals surface area contributed by atoms with E-state index in [0.717, 1.165) is 17.4 Å². The van der Waals surface area contributed by atoms with E-state index in [-0.39, 0.29) is 5.78 Å². The Kier molecular flexibility index (Phi) is 4.80. The van der Waals surface area contributed by atoms with Crippen molar-refractivity contribution >= 4 is 18.4 Å². The number of aryl methyl sites for hydroxylation is 1. The van der Waals surface area contributed by atoms with Crippen LogP contribution in [0.5, 0.6) is 0 Å². The fourth-order valence-electron chi connectivity index (χ4n) is 2.77. The number of pyridine rings is 1. The minimum absolute atomic E-state index is 0.0784. The molecular formula is C20H24BNO3. The molecule has 1 aliphatic rings. The van der Waals surface area contributed by atoms with E-state index in [2.05, 4.69) is 4.98 Å². The van der Waals surface area contributed by atoms with Gasteiger partial charge in [0.05, 0.1) is 11.2 Å². The van der Waals surface area contributed by atoms with E-state index in [1.165, 1.54) is 0 Å². The molecule has 0 unspecified atom stereocenters. The molecule has 1 aromatic heterocycles. The molecule has 1 aliphatic heterocycles. The Morgan fingerprint density at radius 1 is 1.04 bits per heavy atom. The van der Waals surface area contributed by atoms with Crippen LogP contribution in [-0.4, -0.2) is 29.1 Å². The first-order valence-corrected chi connectivity index (χ1v) is 8.66. The lowest BCUT2D eigenvalue weighted by molar-refractivity contribution is 0.00578. The molecule has 0 radical (unpaired) electrons. The monoisotopic (exact) mass is 337 g/mol. The van der Waals surface area contributed by atoms with Crippen molar-refractivity contribution in [2.24, 2.45) is 0 Å². The summed E-state index contributed by atoms with van der Waals surface area (Å²) in [5.41, 5.74) is 1.72. The number of ketones is 1. The van der Waals surface area contributed by atoms with Crippen LogP contribution in [0.2, 0.25) is 0 Å². The predicted molar refractivity (Wildman–Crippen MR) is 99.0 cm³/mol. The predicted octanol–water partition coefficient (Wildman–Crippen LogP) is 3.20. The summed E-state index contributed by atoms with van der Waals surface area (Å²) in [6.45, 7) is 8.04. The van der Waals surface area contributed by atoms with Crippen LogP contribution in [-0.2, 0) is 15.7 Å². The quantitative estimate of drug-likeness (QED) is 0.621. The second-order valence-electron chi connectivity index (χ2n) is 7.50. The fourth-order valence-corrected chi connectivity index (χ4v) is 2.77. The zero-order chi connectivity index (χ0) is 18.1. The fraction of sp³-hybridized carbons (Fsp3) is 0.400. The van der Waals surface area contributed by atoms with Gasteiger partial charge >= 0.3 is 7.12 Å². The van der Waals surface area contributed by atoms with Crippen LogP contribution in [0.4, 0.5) is 0 Å². The molecule has 0 aliphatic carbocycles. The molecule has 1 aromatic carbocycles. The zero-order valence-corrected chi connectivity index (χ0v) is 15.3. The molecule has 5 heteroatoms. The van der Waals surface area contributed by atoms with Gasteiger partial charge in [0.15, 0.2) is 5.78 Å². The molecular weight excluding hydrogens is 313 g/mol. The van der Waals surface area contributed by atoms with E-state index in [1.807, 2.05) is 64.1 Å². The Bertz CT molecular complexity index is 743. The maximum atomic E-state index is 12.5. The minimum atomic E-state index is -0.501. The van der Waals surface area contributed by atoms with E-state index >= 15 is 0 Å². The smallest absolute Gasteiger partial charge is 0.399 e. The van der Waals surface area contributed by atoms with Gasteiger partial charge in [-0.2, -0.15) is 0 Å².